The highest BCUT2D eigenvalue weighted by molar-refractivity contribution is 7.90. The van der Waals surface area contributed by atoms with Crippen molar-refractivity contribution in [3.8, 4) is 0 Å². The van der Waals surface area contributed by atoms with Gasteiger partial charge in [-0.3, -0.25) is 9.59 Å². The van der Waals surface area contributed by atoms with Crippen molar-refractivity contribution in [1.82, 2.24) is 9.62 Å². The lowest BCUT2D eigenvalue weighted by molar-refractivity contribution is -0.135. The molecule has 138 valence electrons. The summed E-state index contributed by atoms with van der Waals surface area (Å²) < 4.78 is 27.1. The number of hydrogen-bond acceptors (Lipinski definition) is 5. The maximum atomic E-state index is 12.7. The van der Waals surface area contributed by atoms with Gasteiger partial charge in [0, 0.05) is 6.54 Å². The summed E-state index contributed by atoms with van der Waals surface area (Å²) in [5, 5.41) is 1.82. The van der Waals surface area contributed by atoms with Crippen LogP contribution in [-0.4, -0.2) is 37.2 Å². The van der Waals surface area contributed by atoms with Crippen LogP contribution in [0, 0.1) is 13.8 Å². The van der Waals surface area contributed by atoms with Crippen molar-refractivity contribution in [2.45, 2.75) is 37.6 Å². The molecule has 2 heterocycles. The average molecular weight is 393 g/mol. The van der Waals surface area contributed by atoms with E-state index in [2.05, 4.69) is 4.72 Å². The second-order valence-electron chi connectivity index (χ2n) is 6.66. The zero-order valence-electron chi connectivity index (χ0n) is 14.8. The highest BCUT2D eigenvalue weighted by Gasteiger charge is 2.51. The third kappa shape index (κ3) is 3.14. The molecule has 0 radical (unpaired) electrons. The van der Waals surface area contributed by atoms with Crippen molar-refractivity contribution in [1.29, 1.82) is 0 Å². The normalized spacial score (nSPS) is 19.7. The van der Waals surface area contributed by atoms with Gasteiger partial charge in [-0.15, -0.1) is 11.3 Å². The highest BCUT2D eigenvalue weighted by atomic mass is 32.2. The molecule has 1 atom stereocenters. The third-order valence-electron chi connectivity index (χ3n) is 4.74. The lowest BCUT2D eigenvalue weighted by Gasteiger charge is -2.48. The Morgan fingerprint density at radius 1 is 1.23 bits per heavy atom. The van der Waals surface area contributed by atoms with Gasteiger partial charge >= 0.3 is 0 Å². The average Bonchev–Trinajstić information content (AvgIpc) is 2.98. The molecule has 8 heteroatoms. The molecule has 6 nitrogen and oxygen atoms in total. The van der Waals surface area contributed by atoms with Crippen LogP contribution in [0.25, 0.3) is 0 Å². The van der Waals surface area contributed by atoms with Gasteiger partial charge in [0.1, 0.15) is 5.54 Å². The number of likely N-dealkylation sites (tertiary alicyclic amines) is 1. The summed E-state index contributed by atoms with van der Waals surface area (Å²) in [7, 11) is -3.99. The first-order chi connectivity index (χ1) is 12.1. The highest BCUT2D eigenvalue weighted by Crippen LogP contribution is 2.34. The fourth-order valence-electron chi connectivity index (χ4n) is 2.91. The summed E-state index contributed by atoms with van der Waals surface area (Å²) in [5.41, 5.74) is 0.451. The molecule has 2 amide bonds. The van der Waals surface area contributed by atoms with Crippen LogP contribution >= 0.6 is 11.3 Å². The molecular weight excluding hydrogens is 372 g/mol. The summed E-state index contributed by atoms with van der Waals surface area (Å²) in [6.45, 7) is 5.63. The van der Waals surface area contributed by atoms with Crippen LogP contribution in [0.15, 0.2) is 40.6 Å². The Morgan fingerprint density at radius 2 is 1.96 bits per heavy atom. The number of rotatable bonds is 4. The molecule has 3 rings (SSSR count). The topological polar surface area (TPSA) is 83.6 Å². The summed E-state index contributed by atoms with van der Waals surface area (Å²) in [6.07, 6.45) is 0.415. The van der Waals surface area contributed by atoms with E-state index in [1.807, 2.05) is 18.4 Å². The number of aryl methyl sites for hydroxylation is 2. The Bertz CT molecular complexity index is 981. The number of hydrogen-bond donors (Lipinski definition) is 1. The van der Waals surface area contributed by atoms with Crippen LogP contribution in [0.4, 0.5) is 0 Å². The van der Waals surface area contributed by atoms with Gasteiger partial charge in [0.25, 0.3) is 21.8 Å². The quantitative estimate of drug-likeness (QED) is 0.866. The van der Waals surface area contributed by atoms with Crippen molar-refractivity contribution in [3.63, 3.8) is 0 Å². The van der Waals surface area contributed by atoms with E-state index in [1.165, 1.54) is 28.4 Å². The van der Waals surface area contributed by atoms with Crippen molar-refractivity contribution in [2.24, 2.45) is 0 Å². The predicted octanol–water partition coefficient (Wildman–Crippen LogP) is 2.47. The van der Waals surface area contributed by atoms with Gasteiger partial charge in [0.15, 0.2) is 0 Å². The molecule has 1 aliphatic heterocycles. The third-order valence-corrected chi connectivity index (χ3v) is 7.07. The summed E-state index contributed by atoms with van der Waals surface area (Å²) >= 11 is 1.32. The minimum atomic E-state index is -3.99. The van der Waals surface area contributed by atoms with Crippen LogP contribution in [0.2, 0.25) is 0 Å². The SMILES string of the molecule is Cc1cccc(S(=O)(=O)NC(=O)C2(C)CCN2C(=O)c2sccc2C)c1. The van der Waals surface area contributed by atoms with Gasteiger partial charge in [0.2, 0.25) is 0 Å². The standard InChI is InChI=1S/C18H20N2O4S2/c1-12-5-4-6-14(11-12)26(23,24)19-17(22)18(3)8-9-20(18)16(21)15-13(2)7-10-25-15/h4-7,10-11H,8-9H2,1-3H3,(H,19,22). The largest absolute Gasteiger partial charge is 0.323 e. The van der Waals surface area contributed by atoms with E-state index in [-0.39, 0.29) is 10.8 Å². The molecule has 0 spiro atoms. The van der Waals surface area contributed by atoms with Gasteiger partial charge in [-0.2, -0.15) is 0 Å². The fourth-order valence-corrected chi connectivity index (χ4v) is 4.96. The van der Waals surface area contributed by atoms with Crippen molar-refractivity contribution >= 4 is 33.2 Å². The van der Waals surface area contributed by atoms with Gasteiger partial charge in [0.05, 0.1) is 9.77 Å². The van der Waals surface area contributed by atoms with Gasteiger partial charge in [-0.1, -0.05) is 12.1 Å². The van der Waals surface area contributed by atoms with E-state index in [0.29, 0.717) is 17.8 Å². The zero-order chi connectivity index (χ0) is 19.1. The van der Waals surface area contributed by atoms with Gasteiger partial charge in [-0.05, 0) is 61.9 Å². The maximum absolute atomic E-state index is 12.7. The number of nitrogens with one attached hydrogen (secondary N) is 1. The molecule has 1 aliphatic rings. The molecule has 1 fully saturated rings. The first-order valence-electron chi connectivity index (χ1n) is 8.15. The lowest BCUT2D eigenvalue weighted by atomic mass is 9.85. The molecule has 1 saturated heterocycles. The molecule has 0 bridgehead atoms. The lowest BCUT2D eigenvalue weighted by Crippen LogP contribution is -2.67. The molecule has 0 saturated carbocycles. The van der Waals surface area contributed by atoms with Crippen molar-refractivity contribution in [2.75, 3.05) is 6.54 Å². The Balaban J connectivity index is 1.81. The van der Waals surface area contributed by atoms with Crippen molar-refractivity contribution in [3.05, 3.63) is 51.7 Å². The molecule has 1 aromatic carbocycles. The number of sulfonamides is 1. The van der Waals surface area contributed by atoms with E-state index in [4.69, 9.17) is 0 Å². The minimum Gasteiger partial charge on any atom is -0.323 e. The minimum absolute atomic E-state index is 0.0285. The maximum Gasteiger partial charge on any atom is 0.265 e. The number of carbonyl (C=O) groups excluding carboxylic acids is 2. The Hall–Kier alpha value is -2.19. The van der Waals surface area contributed by atoms with Crippen LogP contribution in [0.3, 0.4) is 0 Å². The number of benzene rings is 1. The number of amides is 2. The van der Waals surface area contributed by atoms with E-state index in [1.54, 1.807) is 26.0 Å². The Kier molecular flexibility index (Phi) is 4.66. The number of nitrogens with zero attached hydrogens (tertiary/aromatic N) is 1. The zero-order valence-corrected chi connectivity index (χ0v) is 16.4. The molecule has 1 unspecified atom stereocenters. The summed E-state index contributed by atoms with van der Waals surface area (Å²) in [5.74, 6) is -0.929. The predicted molar refractivity (Wildman–Crippen MR) is 99.6 cm³/mol. The Labute approximate surface area is 156 Å². The van der Waals surface area contributed by atoms with E-state index < -0.39 is 21.5 Å². The van der Waals surface area contributed by atoms with Crippen molar-refractivity contribution < 1.29 is 18.0 Å². The van der Waals surface area contributed by atoms with Crippen LogP contribution in [0.1, 0.15) is 34.1 Å². The summed E-state index contributed by atoms with van der Waals surface area (Å²) in [4.78, 5) is 27.5. The molecular formula is C18H20N2O4S2. The van der Waals surface area contributed by atoms with Gasteiger partial charge < -0.3 is 4.90 Å². The van der Waals surface area contributed by atoms with E-state index in [0.717, 1.165) is 11.1 Å². The van der Waals surface area contributed by atoms with Crippen LogP contribution in [-0.2, 0) is 14.8 Å². The smallest absolute Gasteiger partial charge is 0.265 e. The summed E-state index contributed by atoms with van der Waals surface area (Å²) in [6, 6.07) is 8.17. The molecule has 1 N–H and O–H groups in total. The van der Waals surface area contributed by atoms with Gasteiger partial charge in [-0.25, -0.2) is 13.1 Å². The van der Waals surface area contributed by atoms with Crippen LogP contribution < -0.4 is 4.72 Å². The fraction of sp³-hybridized carbons (Fsp3) is 0.333. The Morgan fingerprint density at radius 3 is 2.50 bits per heavy atom. The first-order valence-corrected chi connectivity index (χ1v) is 10.5. The molecule has 1 aromatic heterocycles. The molecule has 2 aromatic rings. The van der Waals surface area contributed by atoms with E-state index >= 15 is 0 Å². The second kappa shape index (κ2) is 6.51. The molecule has 26 heavy (non-hydrogen) atoms. The molecule has 0 aliphatic carbocycles. The second-order valence-corrected chi connectivity index (χ2v) is 9.26. The monoisotopic (exact) mass is 392 g/mol. The van der Waals surface area contributed by atoms with E-state index in [9.17, 15) is 18.0 Å². The number of carbonyl (C=O) groups is 2. The first kappa shape index (κ1) is 18.6. The number of thiophene rings is 1. The van der Waals surface area contributed by atoms with Crippen LogP contribution in [0.5, 0.6) is 0 Å².